The van der Waals surface area contributed by atoms with E-state index in [1.807, 2.05) is 24.4 Å². The number of hydrogen-bond acceptors (Lipinski definition) is 10. The number of hydrogen-bond donors (Lipinski definition) is 6. The molecule has 1 fully saturated rings. The topological polar surface area (TPSA) is 215 Å². The Hall–Kier alpha value is -5.19. The average molecular weight is 780 g/mol. The lowest BCUT2D eigenvalue weighted by atomic mass is 9.95. The number of carbonyl (C=O) groups is 3. The van der Waals surface area contributed by atoms with Crippen LogP contribution in [0, 0.1) is 5.92 Å². The first kappa shape index (κ1) is 43.0. The van der Waals surface area contributed by atoms with Crippen molar-refractivity contribution in [3.05, 3.63) is 47.6 Å². The molecule has 0 spiro atoms. The predicted octanol–water partition coefficient (Wildman–Crippen LogP) is 5.84. The van der Waals surface area contributed by atoms with E-state index in [4.69, 9.17) is 46.3 Å². The molecule has 1 aliphatic rings. The number of aliphatic hydroxyl groups excluding tert-OH is 1. The number of nitrogens with one attached hydrogen (secondary N) is 2. The van der Waals surface area contributed by atoms with E-state index in [0.717, 1.165) is 48.1 Å². The van der Waals surface area contributed by atoms with E-state index in [9.17, 15) is 44.6 Å². The highest BCUT2D eigenvalue weighted by Crippen LogP contribution is 2.40. The Morgan fingerprint density at radius 1 is 0.904 bits per heavy atom. The number of rotatable bonds is 5. The Bertz CT molecular complexity index is 1770. The molecule has 4 aromatic rings. The van der Waals surface area contributed by atoms with Gasteiger partial charge in [-0.1, -0.05) is 11.6 Å². The molecule has 1 saturated heterocycles. The number of aromatic amines is 1. The highest BCUT2D eigenvalue weighted by Gasteiger charge is 2.39. The summed E-state index contributed by atoms with van der Waals surface area (Å²) in [6, 6.07) is 5.85. The van der Waals surface area contributed by atoms with Gasteiger partial charge in [0.05, 0.1) is 28.6 Å². The van der Waals surface area contributed by atoms with Crippen molar-refractivity contribution in [2.75, 3.05) is 29.9 Å². The van der Waals surface area contributed by atoms with Crippen molar-refractivity contribution >= 4 is 63.1 Å². The van der Waals surface area contributed by atoms with Crippen LogP contribution in [0.4, 0.5) is 51.0 Å². The maximum Gasteiger partial charge on any atom is 0.490 e. The number of pyridine rings is 1. The number of aliphatic hydroxyl groups is 1. The normalized spacial score (nSPS) is 14.2. The van der Waals surface area contributed by atoms with E-state index in [1.54, 1.807) is 6.33 Å². The van der Waals surface area contributed by atoms with Crippen molar-refractivity contribution < 1.29 is 74.3 Å². The van der Waals surface area contributed by atoms with Gasteiger partial charge in [0, 0.05) is 36.8 Å². The van der Waals surface area contributed by atoms with Crippen LogP contribution in [0.15, 0.2) is 37.1 Å². The lowest BCUT2D eigenvalue weighted by Gasteiger charge is -2.35. The summed E-state index contributed by atoms with van der Waals surface area (Å²) in [4.78, 5) is 49.7. The quantitative estimate of drug-likeness (QED) is 0.132. The average Bonchev–Trinajstić information content (AvgIpc) is 3.55. The van der Waals surface area contributed by atoms with Crippen LogP contribution < -0.4 is 10.2 Å². The molecule has 24 heteroatoms. The van der Waals surface area contributed by atoms with Crippen molar-refractivity contribution in [1.82, 2.24) is 24.9 Å². The number of carboxylic acids is 3. The lowest BCUT2D eigenvalue weighted by Crippen LogP contribution is -2.36. The summed E-state index contributed by atoms with van der Waals surface area (Å²) in [6.07, 6.45) is -8.40. The van der Waals surface area contributed by atoms with Gasteiger partial charge in [0.15, 0.2) is 11.5 Å². The van der Waals surface area contributed by atoms with Gasteiger partial charge in [0.25, 0.3) is 0 Å². The number of piperidine rings is 1. The third-order valence-corrected chi connectivity index (χ3v) is 7.11. The first-order valence-electron chi connectivity index (χ1n) is 14.2. The Kier molecular flexibility index (Phi) is 14.7. The summed E-state index contributed by atoms with van der Waals surface area (Å²) in [5.41, 5.74) is 4.43. The fourth-order valence-corrected chi connectivity index (χ4v) is 4.63. The number of aliphatic carboxylic acids is 3. The standard InChI is InChI=1S/C22H24ClN7O.3C2HF3O2/c1-13(29-22-19-21(26-11-25-19)27-12-28-22)16-9-17(23)15-3-2-6-24-18(15)20(16)30-7-4-14(10-31)5-8-30;3*3-2(4,5)1(6)7/h2-3,6,9,11-14,31H,4-5,7-8,10H2,1H3,(H2,25,26,27,28,29);3*(H,6,7). The molecular weight excluding hydrogens is 753 g/mol. The van der Waals surface area contributed by atoms with Gasteiger partial charge in [0.2, 0.25) is 0 Å². The first-order chi connectivity index (χ1) is 24.0. The van der Waals surface area contributed by atoms with Crippen LogP contribution in [0.25, 0.3) is 22.1 Å². The van der Waals surface area contributed by atoms with E-state index < -0.39 is 36.4 Å². The van der Waals surface area contributed by atoms with Gasteiger partial charge in [0.1, 0.15) is 11.8 Å². The number of alkyl halides is 9. The zero-order chi connectivity index (χ0) is 39.6. The highest BCUT2D eigenvalue weighted by atomic mass is 35.5. The molecule has 0 bridgehead atoms. The molecule has 52 heavy (non-hydrogen) atoms. The molecule has 0 saturated carbocycles. The summed E-state index contributed by atoms with van der Waals surface area (Å²) < 4.78 is 95.2. The van der Waals surface area contributed by atoms with E-state index in [-0.39, 0.29) is 12.6 Å². The predicted molar refractivity (Wildman–Crippen MR) is 164 cm³/mol. The molecule has 1 aromatic carbocycles. The number of aromatic nitrogens is 5. The van der Waals surface area contributed by atoms with Gasteiger partial charge < -0.3 is 35.6 Å². The molecule has 0 amide bonds. The molecule has 14 nitrogen and oxygen atoms in total. The number of anilines is 2. The minimum Gasteiger partial charge on any atom is -0.475 e. The van der Waals surface area contributed by atoms with E-state index in [1.165, 1.54) is 6.33 Å². The zero-order valence-electron chi connectivity index (χ0n) is 26.2. The van der Waals surface area contributed by atoms with Gasteiger partial charge in [-0.25, -0.2) is 29.3 Å². The molecule has 5 rings (SSSR count). The highest BCUT2D eigenvalue weighted by molar-refractivity contribution is 6.36. The number of halogens is 10. The second-order valence-corrected chi connectivity index (χ2v) is 10.8. The fourth-order valence-electron chi connectivity index (χ4n) is 4.36. The van der Waals surface area contributed by atoms with Crippen LogP contribution >= 0.6 is 11.6 Å². The van der Waals surface area contributed by atoms with E-state index in [2.05, 4.69) is 37.1 Å². The summed E-state index contributed by atoms with van der Waals surface area (Å²) in [5.74, 6) is -7.25. The SMILES string of the molecule is CC(Nc1ncnc2[nH]cnc12)c1cc(Cl)c2cccnc2c1N1CCC(CO)CC1.O=C(O)C(F)(F)F.O=C(O)C(F)(F)F.O=C(O)C(F)(F)F. The minimum atomic E-state index is -5.08. The van der Waals surface area contributed by atoms with Gasteiger partial charge in [-0.3, -0.25) is 4.98 Å². The van der Waals surface area contributed by atoms with Crippen LogP contribution in [0.5, 0.6) is 0 Å². The Balaban J connectivity index is 0.000000365. The molecule has 3 aromatic heterocycles. The number of nitrogens with zero attached hydrogens (tertiary/aromatic N) is 5. The molecule has 0 radical (unpaired) electrons. The maximum atomic E-state index is 10.6. The van der Waals surface area contributed by atoms with Crippen LogP contribution in [0.1, 0.15) is 31.4 Å². The van der Waals surface area contributed by atoms with Gasteiger partial charge in [-0.15, -0.1) is 0 Å². The van der Waals surface area contributed by atoms with Crippen LogP contribution in [-0.2, 0) is 14.4 Å². The van der Waals surface area contributed by atoms with Crippen molar-refractivity contribution in [1.29, 1.82) is 0 Å². The van der Waals surface area contributed by atoms with Crippen LogP contribution in [-0.4, -0.2) is 101 Å². The summed E-state index contributed by atoms with van der Waals surface area (Å²) in [6.45, 7) is 4.07. The van der Waals surface area contributed by atoms with E-state index >= 15 is 0 Å². The summed E-state index contributed by atoms with van der Waals surface area (Å²) in [5, 5.41) is 36.0. The van der Waals surface area contributed by atoms with Gasteiger partial charge >= 0.3 is 36.4 Å². The number of fused-ring (bicyclic) bond motifs is 2. The second-order valence-electron chi connectivity index (χ2n) is 10.4. The fraction of sp³-hybridized carbons (Fsp3) is 0.393. The molecule has 1 atom stereocenters. The lowest BCUT2D eigenvalue weighted by molar-refractivity contribution is -0.193. The van der Waals surface area contributed by atoms with Gasteiger partial charge in [-0.05, 0) is 43.9 Å². The molecular formula is C28H27ClF9N7O7. The number of carboxylic acid groups (broad SMARTS) is 3. The van der Waals surface area contributed by atoms with Crippen molar-refractivity contribution in [3.8, 4) is 0 Å². The summed E-state index contributed by atoms with van der Waals surface area (Å²) in [7, 11) is 0. The molecule has 286 valence electrons. The molecule has 4 heterocycles. The zero-order valence-corrected chi connectivity index (χ0v) is 26.9. The second kappa shape index (κ2) is 17.8. The monoisotopic (exact) mass is 779 g/mol. The van der Waals surface area contributed by atoms with Gasteiger partial charge in [-0.2, -0.15) is 39.5 Å². The van der Waals surface area contributed by atoms with Crippen molar-refractivity contribution in [3.63, 3.8) is 0 Å². The van der Waals surface area contributed by atoms with Crippen molar-refractivity contribution in [2.24, 2.45) is 5.92 Å². The smallest absolute Gasteiger partial charge is 0.475 e. The Morgan fingerprint density at radius 2 is 1.42 bits per heavy atom. The van der Waals surface area contributed by atoms with Crippen molar-refractivity contribution in [2.45, 2.75) is 44.3 Å². The number of imidazole rings is 1. The Labute approximate surface area is 290 Å². The molecule has 1 unspecified atom stereocenters. The largest absolute Gasteiger partial charge is 0.490 e. The number of benzene rings is 1. The molecule has 6 N–H and O–H groups in total. The Morgan fingerprint density at radius 3 is 1.90 bits per heavy atom. The first-order valence-corrected chi connectivity index (χ1v) is 14.6. The maximum absolute atomic E-state index is 10.6. The van der Waals surface area contributed by atoms with Crippen LogP contribution in [0.3, 0.4) is 0 Å². The summed E-state index contributed by atoms with van der Waals surface area (Å²) >= 11 is 6.68. The van der Waals surface area contributed by atoms with E-state index in [0.29, 0.717) is 27.9 Å². The third-order valence-electron chi connectivity index (χ3n) is 6.80. The third kappa shape index (κ3) is 12.2. The number of H-pyrrole nitrogens is 1. The minimum absolute atomic E-state index is 0.0933. The van der Waals surface area contributed by atoms with Crippen LogP contribution in [0.2, 0.25) is 5.02 Å². The molecule has 1 aliphatic heterocycles. The molecule has 0 aliphatic carbocycles.